The number of thiazole rings is 1. The standard InChI is InChI=1S/C15H22N2O3S/c1-9(2)8-12-16-10(3)13(21-12)14(18)17-7-5-4-6-11(17)15(19)20/h9,11H,4-8H2,1-3H3,(H,19,20)/t11-/m1/s1. The molecule has 1 aliphatic heterocycles. The van der Waals surface area contributed by atoms with Gasteiger partial charge >= 0.3 is 5.97 Å². The minimum atomic E-state index is -0.910. The molecule has 6 heteroatoms. The first kappa shape index (κ1) is 15.9. The van der Waals surface area contributed by atoms with Crippen molar-refractivity contribution in [2.45, 2.75) is 52.5 Å². The molecular weight excluding hydrogens is 288 g/mol. The number of carboxylic acids is 1. The molecule has 1 N–H and O–H groups in total. The second kappa shape index (κ2) is 6.56. The Labute approximate surface area is 129 Å². The Morgan fingerprint density at radius 2 is 2.14 bits per heavy atom. The third-order valence-electron chi connectivity index (χ3n) is 3.67. The van der Waals surface area contributed by atoms with Gasteiger partial charge < -0.3 is 10.0 Å². The molecule has 1 fully saturated rings. The third-order valence-corrected chi connectivity index (χ3v) is 4.83. The van der Waals surface area contributed by atoms with Crippen molar-refractivity contribution in [2.75, 3.05) is 6.54 Å². The van der Waals surface area contributed by atoms with Gasteiger partial charge in [0, 0.05) is 13.0 Å². The van der Waals surface area contributed by atoms with Crippen LogP contribution >= 0.6 is 11.3 Å². The molecule has 1 aromatic rings. The number of aliphatic carboxylic acids is 1. The number of nitrogens with zero attached hydrogens (tertiary/aromatic N) is 2. The Morgan fingerprint density at radius 3 is 2.76 bits per heavy atom. The number of amides is 1. The Hall–Kier alpha value is -1.43. The molecule has 0 aliphatic carbocycles. The first-order chi connectivity index (χ1) is 9.90. The number of piperidine rings is 1. The van der Waals surface area contributed by atoms with E-state index >= 15 is 0 Å². The average molecular weight is 310 g/mol. The second-order valence-electron chi connectivity index (χ2n) is 5.97. The first-order valence-electron chi connectivity index (χ1n) is 7.40. The number of hydrogen-bond acceptors (Lipinski definition) is 4. The van der Waals surface area contributed by atoms with Gasteiger partial charge in [-0.2, -0.15) is 0 Å². The van der Waals surface area contributed by atoms with Crippen LogP contribution in [0, 0.1) is 12.8 Å². The summed E-state index contributed by atoms with van der Waals surface area (Å²) < 4.78 is 0. The molecule has 1 aliphatic rings. The molecule has 0 saturated carbocycles. The van der Waals surface area contributed by atoms with E-state index < -0.39 is 12.0 Å². The fraction of sp³-hybridized carbons (Fsp3) is 0.667. The van der Waals surface area contributed by atoms with Crippen LogP contribution in [0.5, 0.6) is 0 Å². The van der Waals surface area contributed by atoms with Crippen molar-refractivity contribution >= 4 is 23.2 Å². The summed E-state index contributed by atoms with van der Waals surface area (Å²) in [6.45, 7) is 6.58. The van der Waals surface area contributed by atoms with Crippen molar-refractivity contribution in [2.24, 2.45) is 5.92 Å². The molecule has 2 rings (SSSR count). The summed E-state index contributed by atoms with van der Waals surface area (Å²) in [5, 5.41) is 10.2. The van der Waals surface area contributed by atoms with E-state index in [1.165, 1.54) is 16.2 Å². The molecule has 0 aromatic carbocycles. The maximum Gasteiger partial charge on any atom is 0.326 e. The Kier molecular flexibility index (Phi) is 4.98. The predicted molar refractivity (Wildman–Crippen MR) is 81.7 cm³/mol. The summed E-state index contributed by atoms with van der Waals surface area (Å²) in [6, 6.07) is -0.693. The maximum atomic E-state index is 12.7. The second-order valence-corrected chi connectivity index (χ2v) is 7.05. The van der Waals surface area contributed by atoms with Crippen molar-refractivity contribution in [3.63, 3.8) is 0 Å². The summed E-state index contributed by atoms with van der Waals surface area (Å²) in [4.78, 5) is 30.6. The van der Waals surface area contributed by atoms with Crippen LogP contribution in [-0.4, -0.2) is 39.5 Å². The van der Waals surface area contributed by atoms with E-state index in [1.807, 2.05) is 6.92 Å². The zero-order valence-corrected chi connectivity index (χ0v) is 13.6. The van der Waals surface area contributed by atoms with Crippen molar-refractivity contribution in [1.82, 2.24) is 9.88 Å². The fourth-order valence-electron chi connectivity index (χ4n) is 2.65. The van der Waals surface area contributed by atoms with Crippen LogP contribution in [0.15, 0.2) is 0 Å². The van der Waals surface area contributed by atoms with Crippen molar-refractivity contribution < 1.29 is 14.7 Å². The lowest BCUT2D eigenvalue weighted by atomic mass is 10.0. The van der Waals surface area contributed by atoms with E-state index in [0.29, 0.717) is 23.8 Å². The van der Waals surface area contributed by atoms with Gasteiger partial charge in [0.25, 0.3) is 5.91 Å². The van der Waals surface area contributed by atoms with Crippen molar-refractivity contribution in [3.8, 4) is 0 Å². The highest BCUT2D eigenvalue weighted by molar-refractivity contribution is 7.13. The maximum absolute atomic E-state index is 12.7. The van der Waals surface area contributed by atoms with Crippen molar-refractivity contribution in [3.05, 3.63) is 15.6 Å². The van der Waals surface area contributed by atoms with Crippen LogP contribution in [-0.2, 0) is 11.2 Å². The first-order valence-corrected chi connectivity index (χ1v) is 8.22. The van der Waals surface area contributed by atoms with Gasteiger partial charge in [0.15, 0.2) is 0 Å². The van der Waals surface area contributed by atoms with Gasteiger partial charge in [-0.1, -0.05) is 13.8 Å². The number of aryl methyl sites for hydroxylation is 1. The van der Waals surface area contributed by atoms with E-state index in [2.05, 4.69) is 18.8 Å². The van der Waals surface area contributed by atoms with Crippen LogP contribution in [0.25, 0.3) is 0 Å². The SMILES string of the molecule is Cc1nc(CC(C)C)sc1C(=O)N1CCCC[C@@H]1C(=O)O. The quantitative estimate of drug-likeness (QED) is 0.928. The number of carbonyl (C=O) groups excluding carboxylic acids is 1. The largest absolute Gasteiger partial charge is 0.480 e. The molecule has 0 radical (unpaired) electrons. The number of rotatable bonds is 4. The number of carbonyl (C=O) groups is 2. The molecular formula is C15H22N2O3S. The van der Waals surface area contributed by atoms with Gasteiger partial charge in [-0.05, 0) is 32.1 Å². The smallest absolute Gasteiger partial charge is 0.326 e. The van der Waals surface area contributed by atoms with Gasteiger partial charge in [0.1, 0.15) is 10.9 Å². The molecule has 0 bridgehead atoms. The van der Waals surface area contributed by atoms with Crippen LogP contribution in [0.1, 0.15) is 53.5 Å². The molecule has 2 heterocycles. The third kappa shape index (κ3) is 3.61. The molecule has 1 saturated heterocycles. The molecule has 0 unspecified atom stereocenters. The van der Waals surface area contributed by atoms with Crippen LogP contribution in [0.2, 0.25) is 0 Å². The normalized spacial score (nSPS) is 19.0. The Morgan fingerprint density at radius 1 is 1.43 bits per heavy atom. The molecule has 1 atom stereocenters. The lowest BCUT2D eigenvalue weighted by Gasteiger charge is -2.32. The molecule has 21 heavy (non-hydrogen) atoms. The lowest BCUT2D eigenvalue weighted by Crippen LogP contribution is -2.47. The zero-order chi connectivity index (χ0) is 15.6. The molecule has 116 valence electrons. The number of likely N-dealkylation sites (tertiary alicyclic amines) is 1. The molecule has 5 nitrogen and oxygen atoms in total. The van der Waals surface area contributed by atoms with E-state index in [9.17, 15) is 14.7 Å². The number of aromatic nitrogens is 1. The minimum absolute atomic E-state index is 0.174. The monoisotopic (exact) mass is 310 g/mol. The van der Waals surface area contributed by atoms with Gasteiger partial charge in [0.2, 0.25) is 0 Å². The summed E-state index contributed by atoms with van der Waals surface area (Å²) in [7, 11) is 0. The van der Waals surface area contributed by atoms with Gasteiger partial charge in [-0.15, -0.1) is 11.3 Å². The lowest BCUT2D eigenvalue weighted by molar-refractivity contribution is -0.143. The Bertz CT molecular complexity index is 539. The van der Waals surface area contributed by atoms with Crippen molar-refractivity contribution in [1.29, 1.82) is 0 Å². The summed E-state index contributed by atoms with van der Waals surface area (Å²) in [6.07, 6.45) is 3.12. The average Bonchev–Trinajstić information content (AvgIpc) is 2.77. The number of carboxylic acid groups (broad SMARTS) is 1. The highest BCUT2D eigenvalue weighted by Gasteiger charge is 2.34. The van der Waals surface area contributed by atoms with Gasteiger partial charge in [-0.3, -0.25) is 4.79 Å². The summed E-state index contributed by atoms with van der Waals surface area (Å²) >= 11 is 1.41. The fourth-order valence-corrected chi connectivity index (χ4v) is 3.88. The minimum Gasteiger partial charge on any atom is -0.480 e. The Balaban J connectivity index is 2.22. The van der Waals surface area contributed by atoms with E-state index in [-0.39, 0.29) is 5.91 Å². The number of hydrogen-bond donors (Lipinski definition) is 1. The predicted octanol–water partition coefficient (Wildman–Crippen LogP) is 2.73. The van der Waals surface area contributed by atoms with Crippen LogP contribution in [0.4, 0.5) is 0 Å². The van der Waals surface area contributed by atoms with Gasteiger partial charge in [-0.25, -0.2) is 9.78 Å². The topological polar surface area (TPSA) is 70.5 Å². The highest BCUT2D eigenvalue weighted by Crippen LogP contribution is 2.26. The van der Waals surface area contributed by atoms with E-state index in [1.54, 1.807) is 0 Å². The van der Waals surface area contributed by atoms with E-state index in [4.69, 9.17) is 0 Å². The highest BCUT2D eigenvalue weighted by atomic mass is 32.1. The summed E-state index contributed by atoms with van der Waals surface area (Å²) in [5.41, 5.74) is 0.718. The van der Waals surface area contributed by atoms with Crippen LogP contribution in [0.3, 0.4) is 0 Å². The summed E-state index contributed by atoms with van der Waals surface area (Å²) in [5.74, 6) is -0.597. The van der Waals surface area contributed by atoms with Crippen LogP contribution < -0.4 is 0 Å². The van der Waals surface area contributed by atoms with Gasteiger partial charge in [0.05, 0.1) is 10.7 Å². The zero-order valence-electron chi connectivity index (χ0n) is 12.8. The molecule has 1 amide bonds. The molecule has 0 spiro atoms. The molecule has 1 aromatic heterocycles. The van der Waals surface area contributed by atoms with E-state index in [0.717, 1.165) is 30.0 Å².